The van der Waals surface area contributed by atoms with Gasteiger partial charge in [0, 0.05) is 6.61 Å². The van der Waals surface area contributed by atoms with Crippen LogP contribution in [0.1, 0.15) is 31.7 Å². The SMILES string of the molecule is CC1(NC(=O)C(N)CCc2ccccc2)CCCOC1. The highest BCUT2D eigenvalue weighted by Crippen LogP contribution is 2.18. The Bertz CT molecular complexity index is 427. The van der Waals surface area contributed by atoms with E-state index in [4.69, 9.17) is 10.5 Å². The average Bonchev–Trinajstić information content (AvgIpc) is 2.46. The van der Waals surface area contributed by atoms with Crippen LogP contribution >= 0.6 is 0 Å². The van der Waals surface area contributed by atoms with Crippen LogP contribution in [0.3, 0.4) is 0 Å². The van der Waals surface area contributed by atoms with E-state index in [0.29, 0.717) is 13.0 Å². The molecule has 3 N–H and O–H groups in total. The predicted molar refractivity (Wildman–Crippen MR) is 79.3 cm³/mol. The lowest BCUT2D eigenvalue weighted by atomic mass is 9.94. The molecule has 20 heavy (non-hydrogen) atoms. The molecule has 1 saturated heterocycles. The zero-order chi connectivity index (χ0) is 14.4. The second kappa shape index (κ2) is 6.86. The van der Waals surface area contributed by atoms with Gasteiger partial charge in [-0.1, -0.05) is 30.3 Å². The Balaban J connectivity index is 1.79. The van der Waals surface area contributed by atoms with Crippen LogP contribution in [0.5, 0.6) is 0 Å². The number of carbonyl (C=O) groups excluding carboxylic acids is 1. The molecule has 2 atom stereocenters. The lowest BCUT2D eigenvalue weighted by molar-refractivity contribution is -0.126. The molecule has 0 radical (unpaired) electrons. The number of nitrogens with one attached hydrogen (secondary N) is 1. The smallest absolute Gasteiger partial charge is 0.237 e. The maximum absolute atomic E-state index is 12.1. The number of ether oxygens (including phenoxy) is 1. The number of nitrogens with two attached hydrogens (primary N) is 1. The van der Waals surface area contributed by atoms with Crippen LogP contribution in [-0.4, -0.2) is 30.7 Å². The summed E-state index contributed by atoms with van der Waals surface area (Å²) in [7, 11) is 0. The third-order valence-electron chi connectivity index (χ3n) is 3.79. The van der Waals surface area contributed by atoms with Crippen molar-refractivity contribution in [2.24, 2.45) is 5.73 Å². The Morgan fingerprint density at radius 3 is 2.85 bits per heavy atom. The van der Waals surface area contributed by atoms with E-state index in [9.17, 15) is 4.79 Å². The van der Waals surface area contributed by atoms with Gasteiger partial charge in [0.2, 0.25) is 5.91 Å². The highest BCUT2D eigenvalue weighted by atomic mass is 16.5. The van der Waals surface area contributed by atoms with Crippen molar-refractivity contribution in [2.75, 3.05) is 13.2 Å². The van der Waals surface area contributed by atoms with Gasteiger partial charge in [0.05, 0.1) is 18.2 Å². The highest BCUT2D eigenvalue weighted by molar-refractivity contribution is 5.82. The van der Waals surface area contributed by atoms with E-state index in [-0.39, 0.29) is 11.4 Å². The van der Waals surface area contributed by atoms with E-state index >= 15 is 0 Å². The zero-order valence-corrected chi connectivity index (χ0v) is 12.1. The minimum atomic E-state index is -0.464. The van der Waals surface area contributed by atoms with Crippen LogP contribution in [0.4, 0.5) is 0 Å². The quantitative estimate of drug-likeness (QED) is 0.859. The van der Waals surface area contributed by atoms with Crippen LogP contribution in [0.2, 0.25) is 0 Å². The van der Waals surface area contributed by atoms with Gasteiger partial charge < -0.3 is 15.8 Å². The van der Waals surface area contributed by atoms with E-state index < -0.39 is 6.04 Å². The zero-order valence-electron chi connectivity index (χ0n) is 12.1. The molecule has 4 heteroatoms. The number of benzene rings is 1. The second-order valence-electron chi connectivity index (χ2n) is 5.84. The molecule has 1 amide bonds. The summed E-state index contributed by atoms with van der Waals surface area (Å²) >= 11 is 0. The first-order valence-corrected chi connectivity index (χ1v) is 7.28. The molecule has 2 unspecified atom stereocenters. The van der Waals surface area contributed by atoms with Crippen molar-refractivity contribution in [3.63, 3.8) is 0 Å². The first-order chi connectivity index (χ1) is 9.59. The summed E-state index contributed by atoms with van der Waals surface area (Å²) in [5.74, 6) is -0.0751. The summed E-state index contributed by atoms with van der Waals surface area (Å²) in [6.45, 7) is 3.38. The first kappa shape index (κ1) is 15.0. The number of hydrogen-bond donors (Lipinski definition) is 2. The second-order valence-corrected chi connectivity index (χ2v) is 5.84. The molecule has 0 saturated carbocycles. The highest BCUT2D eigenvalue weighted by Gasteiger charge is 2.30. The van der Waals surface area contributed by atoms with Crippen LogP contribution in [0.15, 0.2) is 30.3 Å². The monoisotopic (exact) mass is 276 g/mol. The van der Waals surface area contributed by atoms with Gasteiger partial charge in [-0.2, -0.15) is 0 Å². The summed E-state index contributed by atoms with van der Waals surface area (Å²) in [5, 5.41) is 3.04. The van der Waals surface area contributed by atoms with Crippen molar-refractivity contribution in [1.82, 2.24) is 5.32 Å². The van der Waals surface area contributed by atoms with E-state index in [1.807, 2.05) is 25.1 Å². The maximum atomic E-state index is 12.1. The van der Waals surface area contributed by atoms with Crippen molar-refractivity contribution in [2.45, 2.75) is 44.2 Å². The molecule has 1 fully saturated rings. The fourth-order valence-electron chi connectivity index (χ4n) is 2.52. The van der Waals surface area contributed by atoms with Gasteiger partial charge in [-0.25, -0.2) is 0 Å². The van der Waals surface area contributed by atoms with Gasteiger partial charge in [-0.3, -0.25) is 4.79 Å². The lowest BCUT2D eigenvalue weighted by Crippen LogP contribution is -2.55. The fraction of sp³-hybridized carbons (Fsp3) is 0.562. The molecule has 4 nitrogen and oxygen atoms in total. The van der Waals surface area contributed by atoms with Crippen LogP contribution in [-0.2, 0) is 16.0 Å². The van der Waals surface area contributed by atoms with E-state index in [0.717, 1.165) is 25.9 Å². The molecular weight excluding hydrogens is 252 g/mol. The minimum Gasteiger partial charge on any atom is -0.379 e. The van der Waals surface area contributed by atoms with E-state index in [1.54, 1.807) is 0 Å². The van der Waals surface area contributed by atoms with Gasteiger partial charge in [0.25, 0.3) is 0 Å². The summed E-state index contributed by atoms with van der Waals surface area (Å²) < 4.78 is 5.44. The molecule has 0 bridgehead atoms. The van der Waals surface area contributed by atoms with Crippen molar-refractivity contribution in [3.8, 4) is 0 Å². The number of rotatable bonds is 5. The standard InChI is InChI=1S/C16H24N2O2/c1-16(10-5-11-20-12-16)18-15(19)14(17)9-8-13-6-3-2-4-7-13/h2-4,6-7,14H,5,8-12,17H2,1H3,(H,18,19). The molecule has 1 aliphatic heterocycles. The Morgan fingerprint density at radius 1 is 1.45 bits per heavy atom. The average molecular weight is 276 g/mol. The van der Waals surface area contributed by atoms with E-state index in [2.05, 4.69) is 17.4 Å². The van der Waals surface area contributed by atoms with Gasteiger partial charge in [0.15, 0.2) is 0 Å². The van der Waals surface area contributed by atoms with Crippen LogP contribution < -0.4 is 11.1 Å². The molecular formula is C16H24N2O2. The van der Waals surface area contributed by atoms with Crippen LogP contribution in [0, 0.1) is 0 Å². The summed E-state index contributed by atoms with van der Waals surface area (Å²) in [6, 6.07) is 9.64. The minimum absolute atomic E-state index is 0.0751. The molecule has 0 aromatic heterocycles. The van der Waals surface area contributed by atoms with Crippen molar-refractivity contribution < 1.29 is 9.53 Å². The third kappa shape index (κ3) is 4.32. The number of aryl methyl sites for hydroxylation is 1. The number of hydrogen-bond acceptors (Lipinski definition) is 3. The first-order valence-electron chi connectivity index (χ1n) is 7.28. The normalized spacial score (nSPS) is 24.1. The van der Waals surface area contributed by atoms with Crippen molar-refractivity contribution >= 4 is 5.91 Å². The van der Waals surface area contributed by atoms with Gasteiger partial charge >= 0.3 is 0 Å². The number of carbonyl (C=O) groups is 1. The Labute approximate surface area is 120 Å². The van der Waals surface area contributed by atoms with Gasteiger partial charge in [0.1, 0.15) is 0 Å². The maximum Gasteiger partial charge on any atom is 0.237 e. The van der Waals surface area contributed by atoms with Gasteiger partial charge in [-0.05, 0) is 38.2 Å². The Kier molecular flexibility index (Phi) is 5.15. The predicted octanol–water partition coefficient (Wildman–Crippen LogP) is 1.63. The molecule has 1 aromatic carbocycles. The van der Waals surface area contributed by atoms with Crippen molar-refractivity contribution in [3.05, 3.63) is 35.9 Å². The molecule has 1 aromatic rings. The third-order valence-corrected chi connectivity index (χ3v) is 3.79. The molecule has 1 aliphatic rings. The number of amides is 1. The molecule has 110 valence electrons. The molecule has 2 rings (SSSR count). The topological polar surface area (TPSA) is 64.4 Å². The summed E-state index contributed by atoms with van der Waals surface area (Å²) in [6.07, 6.45) is 3.41. The molecule has 0 aliphatic carbocycles. The Morgan fingerprint density at radius 2 is 2.20 bits per heavy atom. The fourth-order valence-corrected chi connectivity index (χ4v) is 2.52. The Hall–Kier alpha value is -1.39. The molecule has 1 heterocycles. The van der Waals surface area contributed by atoms with Gasteiger partial charge in [-0.15, -0.1) is 0 Å². The summed E-state index contributed by atoms with van der Waals surface area (Å²) in [4.78, 5) is 12.1. The molecule has 0 spiro atoms. The largest absolute Gasteiger partial charge is 0.379 e. The lowest BCUT2D eigenvalue weighted by Gasteiger charge is -2.35. The van der Waals surface area contributed by atoms with Crippen molar-refractivity contribution in [1.29, 1.82) is 0 Å². The van der Waals surface area contributed by atoms with E-state index in [1.165, 1.54) is 5.56 Å². The van der Waals surface area contributed by atoms with Crippen LogP contribution in [0.25, 0.3) is 0 Å². The summed E-state index contributed by atoms with van der Waals surface area (Å²) in [5.41, 5.74) is 6.94.